The lowest BCUT2D eigenvalue weighted by molar-refractivity contribution is -0.385. The van der Waals surface area contributed by atoms with Crippen LogP contribution >= 0.6 is 15.9 Å². The Morgan fingerprint density at radius 1 is 1.11 bits per heavy atom. The number of rotatable bonds is 6. The molecule has 8 heteroatoms. The van der Waals surface area contributed by atoms with Crippen molar-refractivity contribution in [2.45, 2.75) is 0 Å². The summed E-state index contributed by atoms with van der Waals surface area (Å²) in [5.41, 5.74) is 3.66. The maximum atomic E-state index is 11.9. The predicted octanol–water partition coefficient (Wildman–Crippen LogP) is 4.07. The molecular formula is C19H15BrN4O3. The zero-order chi connectivity index (χ0) is 19.2. The number of hydrazone groups is 1. The zero-order valence-electron chi connectivity index (χ0n) is 14.1. The fraction of sp³-hybridized carbons (Fsp3) is 0.0526. The molecule has 0 saturated heterocycles. The molecule has 3 aromatic carbocycles. The third-order valence-electron chi connectivity index (χ3n) is 3.77. The van der Waals surface area contributed by atoms with Crippen molar-refractivity contribution < 1.29 is 9.72 Å². The van der Waals surface area contributed by atoms with Gasteiger partial charge in [-0.3, -0.25) is 14.9 Å². The minimum atomic E-state index is -0.493. The Morgan fingerprint density at radius 3 is 2.67 bits per heavy atom. The molecule has 0 heterocycles. The Kier molecular flexibility index (Phi) is 5.77. The van der Waals surface area contributed by atoms with Gasteiger partial charge in [0.05, 0.1) is 22.2 Å². The average molecular weight is 427 g/mol. The van der Waals surface area contributed by atoms with Crippen molar-refractivity contribution in [1.29, 1.82) is 0 Å². The number of nitrogens with zero attached hydrogens (tertiary/aromatic N) is 2. The number of anilines is 1. The maximum Gasteiger partial charge on any atom is 0.284 e. The number of fused-ring (bicyclic) bond motifs is 1. The van der Waals surface area contributed by atoms with Crippen LogP contribution in [-0.2, 0) is 4.79 Å². The van der Waals surface area contributed by atoms with E-state index in [1.54, 1.807) is 12.1 Å². The van der Waals surface area contributed by atoms with E-state index in [-0.39, 0.29) is 18.1 Å². The maximum absolute atomic E-state index is 11.9. The molecule has 0 bridgehead atoms. The lowest BCUT2D eigenvalue weighted by Crippen LogP contribution is -2.25. The highest BCUT2D eigenvalue weighted by Gasteiger charge is 2.11. The van der Waals surface area contributed by atoms with Crippen LogP contribution in [0.1, 0.15) is 5.56 Å². The SMILES string of the molecule is O=C(CNc1ccc2ccccc2c1)N/N=C\c1ccc(Br)c([N+](=O)[O-])c1. The number of benzene rings is 3. The number of hydrogen-bond acceptors (Lipinski definition) is 5. The first-order chi connectivity index (χ1) is 13.0. The van der Waals surface area contributed by atoms with Crippen LogP contribution in [0.4, 0.5) is 11.4 Å². The number of nitrogens with one attached hydrogen (secondary N) is 2. The van der Waals surface area contributed by atoms with E-state index >= 15 is 0 Å². The van der Waals surface area contributed by atoms with E-state index in [2.05, 4.69) is 31.8 Å². The summed E-state index contributed by atoms with van der Waals surface area (Å²) in [5.74, 6) is -0.328. The standard InChI is InChI=1S/C19H15BrN4O3/c20-17-8-5-13(9-18(17)24(26)27)11-22-23-19(25)12-21-16-7-6-14-3-1-2-4-15(14)10-16/h1-11,21H,12H2,(H,23,25)/b22-11-. The summed E-state index contributed by atoms with van der Waals surface area (Å²) in [6.45, 7) is 0.0518. The quantitative estimate of drug-likeness (QED) is 0.352. The summed E-state index contributed by atoms with van der Waals surface area (Å²) >= 11 is 3.12. The molecule has 27 heavy (non-hydrogen) atoms. The van der Waals surface area contributed by atoms with Crippen LogP contribution in [0.3, 0.4) is 0 Å². The number of nitro benzene ring substituents is 1. The molecule has 0 aliphatic rings. The molecule has 7 nitrogen and oxygen atoms in total. The highest BCUT2D eigenvalue weighted by atomic mass is 79.9. The third kappa shape index (κ3) is 4.89. The summed E-state index contributed by atoms with van der Waals surface area (Å²) in [6.07, 6.45) is 1.35. The van der Waals surface area contributed by atoms with E-state index in [0.717, 1.165) is 16.5 Å². The fourth-order valence-electron chi connectivity index (χ4n) is 2.45. The van der Waals surface area contributed by atoms with Crippen LogP contribution in [0.2, 0.25) is 0 Å². The first kappa shape index (κ1) is 18.5. The van der Waals surface area contributed by atoms with E-state index in [9.17, 15) is 14.9 Å². The van der Waals surface area contributed by atoms with Gasteiger partial charge in [0.1, 0.15) is 0 Å². The van der Waals surface area contributed by atoms with Gasteiger partial charge < -0.3 is 5.32 Å². The Labute approximate surface area is 163 Å². The van der Waals surface area contributed by atoms with Gasteiger partial charge in [0.25, 0.3) is 11.6 Å². The number of nitro groups is 1. The molecule has 0 fully saturated rings. The van der Waals surface area contributed by atoms with Gasteiger partial charge in [-0.2, -0.15) is 5.10 Å². The number of carbonyl (C=O) groups is 1. The molecule has 3 aromatic rings. The van der Waals surface area contributed by atoms with Crippen LogP contribution in [0.5, 0.6) is 0 Å². The van der Waals surface area contributed by atoms with E-state index in [1.807, 2.05) is 42.5 Å². The van der Waals surface area contributed by atoms with Gasteiger partial charge in [-0.25, -0.2) is 5.43 Å². The van der Waals surface area contributed by atoms with E-state index in [1.165, 1.54) is 12.3 Å². The lowest BCUT2D eigenvalue weighted by Gasteiger charge is -2.06. The van der Waals surface area contributed by atoms with Gasteiger partial charge in [-0.15, -0.1) is 0 Å². The minimum absolute atomic E-state index is 0.0518. The van der Waals surface area contributed by atoms with E-state index in [4.69, 9.17) is 0 Å². The smallest absolute Gasteiger partial charge is 0.284 e. The minimum Gasteiger partial charge on any atom is -0.376 e. The molecule has 0 spiro atoms. The van der Waals surface area contributed by atoms with Gasteiger partial charge in [0.2, 0.25) is 0 Å². The normalized spacial score (nSPS) is 10.9. The van der Waals surface area contributed by atoms with Gasteiger partial charge in [0.15, 0.2) is 0 Å². The summed E-state index contributed by atoms with van der Waals surface area (Å²) < 4.78 is 0.383. The Hall–Kier alpha value is -3.26. The Morgan fingerprint density at radius 2 is 1.89 bits per heavy atom. The summed E-state index contributed by atoms with van der Waals surface area (Å²) in [7, 11) is 0. The van der Waals surface area contributed by atoms with E-state index < -0.39 is 4.92 Å². The summed E-state index contributed by atoms with van der Waals surface area (Å²) in [6, 6.07) is 18.4. The number of amides is 1. The molecule has 136 valence electrons. The molecule has 0 unspecified atom stereocenters. The van der Waals surface area contributed by atoms with Gasteiger partial charge in [-0.05, 0) is 44.9 Å². The van der Waals surface area contributed by atoms with Gasteiger partial charge in [0, 0.05) is 17.3 Å². The molecule has 0 aliphatic heterocycles. The van der Waals surface area contributed by atoms with Crippen LogP contribution in [-0.4, -0.2) is 23.6 Å². The first-order valence-electron chi connectivity index (χ1n) is 8.01. The van der Waals surface area contributed by atoms with Crippen molar-refractivity contribution in [1.82, 2.24) is 5.43 Å². The topological polar surface area (TPSA) is 96.6 Å². The molecule has 3 rings (SSSR count). The van der Waals surface area contributed by atoms with Crippen LogP contribution < -0.4 is 10.7 Å². The number of halogens is 1. The fourth-order valence-corrected chi connectivity index (χ4v) is 2.84. The predicted molar refractivity (Wildman–Crippen MR) is 109 cm³/mol. The first-order valence-corrected chi connectivity index (χ1v) is 8.81. The Balaban J connectivity index is 1.55. The second-order valence-electron chi connectivity index (χ2n) is 5.68. The molecule has 0 aliphatic carbocycles. The molecule has 0 saturated carbocycles. The van der Waals surface area contributed by atoms with Gasteiger partial charge in [-0.1, -0.05) is 36.4 Å². The Bertz CT molecular complexity index is 1040. The van der Waals surface area contributed by atoms with Crippen molar-refractivity contribution in [3.05, 3.63) is 80.8 Å². The zero-order valence-corrected chi connectivity index (χ0v) is 15.6. The summed E-state index contributed by atoms with van der Waals surface area (Å²) in [4.78, 5) is 22.3. The van der Waals surface area contributed by atoms with Crippen LogP contribution in [0.25, 0.3) is 10.8 Å². The highest BCUT2D eigenvalue weighted by molar-refractivity contribution is 9.10. The molecule has 0 aromatic heterocycles. The van der Waals surface area contributed by atoms with Crippen LogP contribution in [0, 0.1) is 10.1 Å². The molecule has 1 amide bonds. The van der Waals surface area contributed by atoms with E-state index in [0.29, 0.717) is 10.0 Å². The molecule has 2 N–H and O–H groups in total. The highest BCUT2D eigenvalue weighted by Crippen LogP contribution is 2.25. The second kappa shape index (κ2) is 8.41. The monoisotopic (exact) mass is 426 g/mol. The van der Waals surface area contributed by atoms with Crippen molar-refractivity contribution in [2.24, 2.45) is 5.10 Å². The average Bonchev–Trinajstić information content (AvgIpc) is 2.67. The molecule has 0 atom stereocenters. The number of hydrogen-bond donors (Lipinski definition) is 2. The third-order valence-corrected chi connectivity index (χ3v) is 4.44. The largest absolute Gasteiger partial charge is 0.376 e. The van der Waals surface area contributed by atoms with Crippen molar-refractivity contribution in [3.63, 3.8) is 0 Å². The van der Waals surface area contributed by atoms with Crippen molar-refractivity contribution in [2.75, 3.05) is 11.9 Å². The van der Waals surface area contributed by atoms with Crippen LogP contribution in [0.15, 0.2) is 70.2 Å². The lowest BCUT2D eigenvalue weighted by atomic mass is 10.1. The summed E-state index contributed by atoms with van der Waals surface area (Å²) in [5, 5.41) is 20.0. The molecule has 0 radical (unpaired) electrons. The van der Waals surface area contributed by atoms with Crippen molar-refractivity contribution in [3.8, 4) is 0 Å². The second-order valence-corrected chi connectivity index (χ2v) is 6.53. The van der Waals surface area contributed by atoms with Gasteiger partial charge >= 0.3 is 0 Å². The van der Waals surface area contributed by atoms with Crippen molar-refractivity contribution >= 4 is 50.2 Å². The molecular weight excluding hydrogens is 412 g/mol. The number of carbonyl (C=O) groups excluding carboxylic acids is 1.